The van der Waals surface area contributed by atoms with Crippen molar-refractivity contribution in [2.24, 2.45) is 0 Å². The lowest BCUT2D eigenvalue weighted by atomic mass is 10.1. The molecule has 0 atom stereocenters. The number of aromatic nitrogens is 3. The van der Waals surface area contributed by atoms with E-state index in [0.29, 0.717) is 17.6 Å². The lowest BCUT2D eigenvalue weighted by molar-refractivity contribution is 0.253. The Labute approximate surface area is 187 Å². The number of H-pyrrole nitrogens is 2. The number of anilines is 1. The normalized spacial score (nSPS) is 15.7. The summed E-state index contributed by atoms with van der Waals surface area (Å²) in [6.07, 6.45) is 6.92. The summed E-state index contributed by atoms with van der Waals surface area (Å²) >= 11 is 0. The number of fused-ring (bicyclic) bond motifs is 2. The van der Waals surface area contributed by atoms with Crippen LogP contribution in [-0.4, -0.2) is 67.5 Å². The Hall–Kier alpha value is -2.88. The molecule has 0 bridgehead atoms. The van der Waals surface area contributed by atoms with Crippen molar-refractivity contribution in [3.63, 3.8) is 0 Å². The number of hydrogen-bond donors (Lipinski definition) is 3. The van der Waals surface area contributed by atoms with Crippen molar-refractivity contribution in [2.45, 2.75) is 17.7 Å². The van der Waals surface area contributed by atoms with E-state index in [1.807, 2.05) is 6.20 Å². The summed E-state index contributed by atoms with van der Waals surface area (Å²) in [6, 6.07) is 12.1. The molecule has 1 aliphatic rings. The molecular formula is C23H28N6O2S. The van der Waals surface area contributed by atoms with Crippen LogP contribution in [0.1, 0.15) is 12.8 Å². The third kappa shape index (κ3) is 4.23. The summed E-state index contributed by atoms with van der Waals surface area (Å²) in [7, 11) is -3.54. The molecule has 8 nitrogen and oxygen atoms in total. The van der Waals surface area contributed by atoms with Gasteiger partial charge in [0.15, 0.2) is 0 Å². The molecule has 5 rings (SSSR count). The van der Waals surface area contributed by atoms with Crippen LogP contribution in [0.15, 0.2) is 59.9 Å². The number of aromatic amines is 2. The second-order valence-electron chi connectivity index (χ2n) is 8.20. The van der Waals surface area contributed by atoms with Crippen molar-refractivity contribution >= 4 is 37.6 Å². The standard InChI is InChI=1S/C23H28N6O2S/c30-32(31,22-17-26-23-19(22)5-4-9-25-23)27-10-1-2-12-28-13-15-29(16-14-28)21-7-3-6-20-18(21)8-11-24-20/h3-9,11,17,24,27H,1-2,10,12-16H2,(H,25,26). The summed E-state index contributed by atoms with van der Waals surface area (Å²) in [4.78, 5) is 15.5. The van der Waals surface area contributed by atoms with Crippen LogP contribution in [0.4, 0.5) is 5.69 Å². The maximum atomic E-state index is 12.6. The zero-order chi connectivity index (χ0) is 22.0. The van der Waals surface area contributed by atoms with Crippen LogP contribution in [0.5, 0.6) is 0 Å². The fraction of sp³-hybridized carbons (Fsp3) is 0.348. The smallest absolute Gasteiger partial charge is 0.242 e. The zero-order valence-electron chi connectivity index (χ0n) is 17.9. The molecule has 0 amide bonds. The number of pyridine rings is 1. The zero-order valence-corrected chi connectivity index (χ0v) is 18.7. The number of rotatable bonds is 8. The van der Waals surface area contributed by atoms with Crippen molar-refractivity contribution in [3.05, 3.63) is 55.0 Å². The van der Waals surface area contributed by atoms with Crippen LogP contribution in [-0.2, 0) is 10.0 Å². The van der Waals surface area contributed by atoms with Crippen molar-refractivity contribution < 1.29 is 8.42 Å². The van der Waals surface area contributed by atoms with Gasteiger partial charge in [-0.1, -0.05) is 6.07 Å². The van der Waals surface area contributed by atoms with Crippen molar-refractivity contribution in [1.29, 1.82) is 0 Å². The van der Waals surface area contributed by atoms with Gasteiger partial charge in [0.2, 0.25) is 10.0 Å². The molecule has 0 saturated carbocycles. The second kappa shape index (κ2) is 8.93. The molecule has 1 saturated heterocycles. The molecule has 1 aromatic carbocycles. The van der Waals surface area contributed by atoms with Crippen LogP contribution in [0.25, 0.3) is 21.9 Å². The Morgan fingerprint density at radius 3 is 2.72 bits per heavy atom. The minimum atomic E-state index is -3.54. The fourth-order valence-corrected chi connectivity index (χ4v) is 5.69. The molecule has 3 aromatic heterocycles. The molecule has 4 aromatic rings. The van der Waals surface area contributed by atoms with Gasteiger partial charge in [0.1, 0.15) is 10.5 Å². The van der Waals surface area contributed by atoms with Gasteiger partial charge in [-0.2, -0.15) is 0 Å². The number of benzene rings is 1. The number of hydrogen-bond acceptors (Lipinski definition) is 5. The van der Waals surface area contributed by atoms with Crippen LogP contribution in [0.2, 0.25) is 0 Å². The average Bonchev–Trinajstić information content (AvgIpc) is 3.46. The SMILES string of the molecule is O=S(=O)(NCCCCN1CCN(c2cccc3[nH]ccc23)CC1)c1c[nH]c2ncccc12. The summed E-state index contributed by atoms with van der Waals surface area (Å²) in [5, 5.41) is 1.90. The van der Waals surface area contributed by atoms with Crippen LogP contribution in [0, 0.1) is 0 Å². The van der Waals surface area contributed by atoms with E-state index in [1.54, 1.807) is 18.3 Å². The largest absolute Gasteiger partial charge is 0.368 e. The highest BCUT2D eigenvalue weighted by Crippen LogP contribution is 2.27. The van der Waals surface area contributed by atoms with E-state index in [9.17, 15) is 8.42 Å². The number of nitrogens with zero attached hydrogens (tertiary/aromatic N) is 3. The average molecular weight is 453 g/mol. The van der Waals surface area contributed by atoms with E-state index in [4.69, 9.17) is 0 Å². The number of unbranched alkanes of at least 4 members (excludes halogenated alkanes) is 1. The molecule has 32 heavy (non-hydrogen) atoms. The Morgan fingerprint density at radius 1 is 0.969 bits per heavy atom. The summed E-state index contributed by atoms with van der Waals surface area (Å²) < 4.78 is 28.0. The Kier molecular flexibility index (Phi) is 5.86. The highest BCUT2D eigenvalue weighted by atomic mass is 32.2. The summed E-state index contributed by atoms with van der Waals surface area (Å²) in [5.41, 5.74) is 3.06. The first-order chi connectivity index (χ1) is 15.6. The first-order valence-corrected chi connectivity index (χ1v) is 12.6. The molecule has 0 radical (unpaired) electrons. The monoisotopic (exact) mass is 452 g/mol. The van der Waals surface area contributed by atoms with Crippen LogP contribution >= 0.6 is 0 Å². The third-order valence-corrected chi connectivity index (χ3v) is 7.68. The molecular weight excluding hydrogens is 424 g/mol. The highest BCUT2D eigenvalue weighted by molar-refractivity contribution is 7.89. The molecule has 3 N–H and O–H groups in total. The summed E-state index contributed by atoms with van der Waals surface area (Å²) in [6.45, 7) is 5.48. The summed E-state index contributed by atoms with van der Waals surface area (Å²) in [5.74, 6) is 0. The lowest BCUT2D eigenvalue weighted by Crippen LogP contribution is -2.46. The van der Waals surface area contributed by atoms with E-state index >= 15 is 0 Å². The second-order valence-corrected chi connectivity index (χ2v) is 9.94. The van der Waals surface area contributed by atoms with E-state index in [2.05, 4.69) is 53.7 Å². The van der Waals surface area contributed by atoms with Gasteiger partial charge in [-0.3, -0.25) is 4.90 Å². The van der Waals surface area contributed by atoms with Crippen molar-refractivity contribution in [3.8, 4) is 0 Å². The minimum Gasteiger partial charge on any atom is -0.368 e. The Balaban J connectivity index is 1.07. The lowest BCUT2D eigenvalue weighted by Gasteiger charge is -2.36. The van der Waals surface area contributed by atoms with Crippen LogP contribution < -0.4 is 9.62 Å². The van der Waals surface area contributed by atoms with Crippen LogP contribution in [0.3, 0.4) is 0 Å². The van der Waals surface area contributed by atoms with Gasteiger partial charge in [0.05, 0.1) is 0 Å². The quantitative estimate of drug-likeness (QED) is 0.357. The third-order valence-electron chi connectivity index (χ3n) is 6.18. The molecule has 9 heteroatoms. The predicted octanol–water partition coefficient (Wildman–Crippen LogP) is 2.92. The Morgan fingerprint density at radius 2 is 1.84 bits per heavy atom. The van der Waals surface area contributed by atoms with Gasteiger partial charge in [0, 0.05) is 73.3 Å². The molecule has 1 aliphatic heterocycles. The van der Waals surface area contributed by atoms with Gasteiger partial charge in [0.25, 0.3) is 0 Å². The van der Waals surface area contributed by atoms with E-state index in [1.165, 1.54) is 22.8 Å². The van der Waals surface area contributed by atoms with Gasteiger partial charge in [-0.15, -0.1) is 0 Å². The van der Waals surface area contributed by atoms with E-state index < -0.39 is 10.0 Å². The molecule has 1 fully saturated rings. The predicted molar refractivity (Wildman–Crippen MR) is 127 cm³/mol. The van der Waals surface area contributed by atoms with Gasteiger partial charge in [-0.05, 0) is 49.7 Å². The molecule has 0 spiro atoms. The number of nitrogens with one attached hydrogen (secondary N) is 3. The molecule has 0 aliphatic carbocycles. The fourth-order valence-electron chi connectivity index (χ4n) is 4.45. The first-order valence-electron chi connectivity index (χ1n) is 11.1. The van der Waals surface area contributed by atoms with E-state index in [-0.39, 0.29) is 4.90 Å². The first kappa shape index (κ1) is 21.0. The maximum Gasteiger partial charge on any atom is 0.242 e. The molecule has 0 unspecified atom stereocenters. The minimum absolute atomic E-state index is 0.258. The number of piperazine rings is 1. The Bertz CT molecular complexity index is 1300. The molecule has 168 valence electrons. The van der Waals surface area contributed by atoms with Gasteiger partial charge >= 0.3 is 0 Å². The van der Waals surface area contributed by atoms with Crippen molar-refractivity contribution in [2.75, 3.05) is 44.2 Å². The van der Waals surface area contributed by atoms with E-state index in [0.717, 1.165) is 45.6 Å². The highest BCUT2D eigenvalue weighted by Gasteiger charge is 2.20. The topological polar surface area (TPSA) is 97.1 Å². The van der Waals surface area contributed by atoms with Gasteiger partial charge in [-0.25, -0.2) is 18.1 Å². The van der Waals surface area contributed by atoms with Crippen molar-refractivity contribution in [1.82, 2.24) is 24.6 Å². The van der Waals surface area contributed by atoms with Gasteiger partial charge < -0.3 is 14.9 Å². The molecule has 4 heterocycles. The number of sulfonamides is 1. The maximum absolute atomic E-state index is 12.6.